The van der Waals surface area contributed by atoms with Crippen molar-refractivity contribution in [1.82, 2.24) is 5.32 Å². The van der Waals surface area contributed by atoms with Gasteiger partial charge in [-0.2, -0.15) is 0 Å². The summed E-state index contributed by atoms with van der Waals surface area (Å²) in [7, 11) is -3.12. The summed E-state index contributed by atoms with van der Waals surface area (Å²) >= 11 is 0. The molecule has 1 aromatic carbocycles. The van der Waals surface area contributed by atoms with E-state index in [2.05, 4.69) is 5.32 Å². The fraction of sp³-hybridized carbons (Fsp3) is 0.571. The zero-order valence-corrected chi connectivity index (χ0v) is 11.9. The normalized spacial score (nSPS) is 15.9. The third-order valence-electron chi connectivity index (χ3n) is 3.44. The molecule has 0 aliphatic heterocycles. The molecule has 1 aliphatic carbocycles. The molecule has 3 nitrogen and oxygen atoms in total. The topological polar surface area (TPSA) is 46.2 Å². The lowest BCUT2D eigenvalue weighted by molar-refractivity contribution is 0.588. The van der Waals surface area contributed by atoms with Crippen LogP contribution in [0, 0.1) is 13.8 Å². The molecule has 1 N–H and O–H groups in total. The molecule has 0 amide bonds. The molecule has 1 fully saturated rings. The number of sulfone groups is 1. The van der Waals surface area contributed by atoms with Crippen molar-refractivity contribution in [1.29, 1.82) is 0 Å². The van der Waals surface area contributed by atoms with Gasteiger partial charge in [-0.1, -0.05) is 6.07 Å². The SMILES string of the molecule is Cc1ccc(S(=O)(=O)CCCNC2CC2)cc1C. The first kappa shape index (κ1) is 13.6. The predicted octanol–water partition coefficient (Wildman–Crippen LogP) is 2.22. The van der Waals surface area contributed by atoms with Gasteiger partial charge in [0, 0.05) is 6.04 Å². The fourth-order valence-corrected chi connectivity index (χ4v) is 3.27. The monoisotopic (exact) mass is 267 g/mol. The lowest BCUT2D eigenvalue weighted by Crippen LogP contribution is -2.20. The maximum atomic E-state index is 12.1. The Morgan fingerprint density at radius 3 is 2.56 bits per heavy atom. The van der Waals surface area contributed by atoms with Gasteiger partial charge >= 0.3 is 0 Å². The molecule has 0 aromatic heterocycles. The van der Waals surface area contributed by atoms with E-state index in [4.69, 9.17) is 0 Å². The third-order valence-corrected chi connectivity index (χ3v) is 5.24. The van der Waals surface area contributed by atoms with E-state index in [1.165, 1.54) is 12.8 Å². The highest BCUT2D eigenvalue weighted by atomic mass is 32.2. The molecule has 1 saturated carbocycles. The molecule has 0 spiro atoms. The Balaban J connectivity index is 1.93. The van der Waals surface area contributed by atoms with Gasteiger partial charge in [0.05, 0.1) is 10.6 Å². The Morgan fingerprint density at radius 1 is 1.22 bits per heavy atom. The molecule has 0 atom stereocenters. The van der Waals surface area contributed by atoms with Gasteiger partial charge in [-0.05, 0) is 62.9 Å². The standard InChI is InChI=1S/C14H21NO2S/c1-11-4-7-14(10-12(11)2)18(16,17)9-3-8-15-13-5-6-13/h4,7,10,13,15H,3,5-6,8-9H2,1-2H3. The van der Waals surface area contributed by atoms with Crippen molar-refractivity contribution in [2.75, 3.05) is 12.3 Å². The second-order valence-electron chi connectivity index (χ2n) is 5.15. The fourth-order valence-electron chi connectivity index (χ4n) is 1.88. The molecule has 0 bridgehead atoms. The summed E-state index contributed by atoms with van der Waals surface area (Å²) in [5.74, 6) is 0.231. The summed E-state index contributed by atoms with van der Waals surface area (Å²) in [6.07, 6.45) is 3.17. The number of rotatable bonds is 6. The van der Waals surface area contributed by atoms with Gasteiger partial charge in [0.15, 0.2) is 9.84 Å². The molecular weight excluding hydrogens is 246 g/mol. The van der Waals surface area contributed by atoms with Crippen molar-refractivity contribution in [2.24, 2.45) is 0 Å². The van der Waals surface area contributed by atoms with E-state index in [0.717, 1.165) is 17.7 Å². The highest BCUT2D eigenvalue weighted by molar-refractivity contribution is 7.91. The van der Waals surface area contributed by atoms with E-state index in [9.17, 15) is 8.42 Å². The van der Waals surface area contributed by atoms with Crippen molar-refractivity contribution >= 4 is 9.84 Å². The van der Waals surface area contributed by atoms with Crippen LogP contribution in [0.1, 0.15) is 30.4 Å². The zero-order valence-electron chi connectivity index (χ0n) is 11.1. The minimum absolute atomic E-state index is 0.231. The summed E-state index contributed by atoms with van der Waals surface area (Å²) in [4.78, 5) is 0.456. The maximum absolute atomic E-state index is 12.1. The van der Waals surface area contributed by atoms with Crippen LogP contribution >= 0.6 is 0 Å². The predicted molar refractivity (Wildman–Crippen MR) is 73.6 cm³/mol. The van der Waals surface area contributed by atoms with E-state index in [-0.39, 0.29) is 5.75 Å². The minimum Gasteiger partial charge on any atom is -0.314 e. The average molecular weight is 267 g/mol. The molecule has 0 unspecified atom stereocenters. The van der Waals surface area contributed by atoms with Gasteiger partial charge in [-0.3, -0.25) is 0 Å². The van der Waals surface area contributed by atoms with Crippen LogP contribution in [-0.4, -0.2) is 26.8 Å². The summed E-state index contributed by atoms with van der Waals surface area (Å²) in [5.41, 5.74) is 2.16. The second kappa shape index (κ2) is 5.41. The highest BCUT2D eigenvalue weighted by Gasteiger charge is 2.20. The first-order chi connectivity index (χ1) is 8.49. The summed E-state index contributed by atoms with van der Waals surface area (Å²) < 4.78 is 24.3. The first-order valence-electron chi connectivity index (χ1n) is 6.52. The van der Waals surface area contributed by atoms with Crippen LogP contribution in [-0.2, 0) is 9.84 Å². The van der Waals surface area contributed by atoms with Gasteiger partial charge in [-0.15, -0.1) is 0 Å². The molecule has 18 heavy (non-hydrogen) atoms. The Morgan fingerprint density at radius 2 is 1.94 bits per heavy atom. The molecule has 1 aliphatic rings. The van der Waals surface area contributed by atoms with E-state index >= 15 is 0 Å². The molecule has 1 aromatic rings. The minimum atomic E-state index is -3.12. The number of hydrogen-bond acceptors (Lipinski definition) is 3. The van der Waals surface area contributed by atoms with Crippen LogP contribution < -0.4 is 5.32 Å². The largest absolute Gasteiger partial charge is 0.314 e. The van der Waals surface area contributed by atoms with E-state index < -0.39 is 9.84 Å². The van der Waals surface area contributed by atoms with Crippen molar-refractivity contribution in [3.05, 3.63) is 29.3 Å². The van der Waals surface area contributed by atoms with Gasteiger partial charge < -0.3 is 5.32 Å². The van der Waals surface area contributed by atoms with Crippen molar-refractivity contribution in [2.45, 2.75) is 44.0 Å². The average Bonchev–Trinajstić information content (AvgIpc) is 3.12. The van der Waals surface area contributed by atoms with E-state index in [1.807, 2.05) is 19.9 Å². The highest BCUT2D eigenvalue weighted by Crippen LogP contribution is 2.19. The van der Waals surface area contributed by atoms with Crippen LogP contribution in [0.15, 0.2) is 23.1 Å². The van der Waals surface area contributed by atoms with Crippen LogP contribution in [0.25, 0.3) is 0 Å². The maximum Gasteiger partial charge on any atom is 0.178 e. The van der Waals surface area contributed by atoms with Crippen LogP contribution in [0.5, 0.6) is 0 Å². The molecular formula is C14H21NO2S. The summed E-state index contributed by atoms with van der Waals surface area (Å²) in [5, 5.41) is 3.34. The van der Waals surface area contributed by atoms with Crippen molar-refractivity contribution in [3.63, 3.8) is 0 Å². The lowest BCUT2D eigenvalue weighted by atomic mass is 10.1. The number of hydrogen-bond donors (Lipinski definition) is 1. The molecule has 100 valence electrons. The Hall–Kier alpha value is -0.870. The van der Waals surface area contributed by atoms with Gasteiger partial charge in [0.1, 0.15) is 0 Å². The second-order valence-corrected chi connectivity index (χ2v) is 7.26. The molecule has 0 saturated heterocycles. The van der Waals surface area contributed by atoms with Crippen LogP contribution in [0.2, 0.25) is 0 Å². The quantitative estimate of drug-likeness (QED) is 0.804. The van der Waals surface area contributed by atoms with Crippen molar-refractivity contribution in [3.8, 4) is 0 Å². The van der Waals surface area contributed by atoms with Gasteiger partial charge in [-0.25, -0.2) is 8.42 Å². The zero-order chi connectivity index (χ0) is 13.2. The Bertz CT molecular complexity index is 519. The van der Waals surface area contributed by atoms with E-state index in [0.29, 0.717) is 17.4 Å². The van der Waals surface area contributed by atoms with Gasteiger partial charge in [0.25, 0.3) is 0 Å². The van der Waals surface area contributed by atoms with Gasteiger partial charge in [0.2, 0.25) is 0 Å². The number of benzene rings is 1. The molecule has 4 heteroatoms. The molecule has 0 heterocycles. The third kappa shape index (κ3) is 3.56. The molecule has 0 radical (unpaired) electrons. The number of aryl methyl sites for hydroxylation is 2. The Labute approximate surface area is 110 Å². The van der Waals surface area contributed by atoms with Crippen LogP contribution in [0.4, 0.5) is 0 Å². The smallest absolute Gasteiger partial charge is 0.178 e. The summed E-state index contributed by atoms with van der Waals surface area (Å²) in [6, 6.07) is 6.02. The van der Waals surface area contributed by atoms with E-state index in [1.54, 1.807) is 12.1 Å². The molecule has 2 rings (SSSR count). The van der Waals surface area contributed by atoms with Crippen molar-refractivity contribution < 1.29 is 8.42 Å². The first-order valence-corrected chi connectivity index (χ1v) is 8.18. The summed E-state index contributed by atoms with van der Waals surface area (Å²) in [6.45, 7) is 4.74. The Kier molecular flexibility index (Phi) is 4.07. The lowest BCUT2D eigenvalue weighted by Gasteiger charge is -2.07. The van der Waals surface area contributed by atoms with Crippen LogP contribution in [0.3, 0.4) is 0 Å². The number of nitrogens with one attached hydrogen (secondary N) is 1.